The van der Waals surface area contributed by atoms with E-state index in [1.807, 2.05) is 18.2 Å². The summed E-state index contributed by atoms with van der Waals surface area (Å²) in [4.78, 5) is 32.7. The Kier molecular flexibility index (Phi) is 7.00. The van der Waals surface area contributed by atoms with Gasteiger partial charge in [-0.25, -0.2) is 4.79 Å². The van der Waals surface area contributed by atoms with Crippen molar-refractivity contribution in [3.05, 3.63) is 71.8 Å². The van der Waals surface area contributed by atoms with Crippen LogP contribution in [0.25, 0.3) is 0 Å². The highest BCUT2D eigenvalue weighted by Crippen LogP contribution is 2.26. The van der Waals surface area contributed by atoms with E-state index in [9.17, 15) is 14.7 Å². The summed E-state index contributed by atoms with van der Waals surface area (Å²) in [5.41, 5.74) is 0.920. The number of amides is 1. The summed E-state index contributed by atoms with van der Waals surface area (Å²) >= 11 is 0. The second-order valence-corrected chi connectivity index (χ2v) is 6.39. The fourth-order valence-electron chi connectivity index (χ4n) is 2.77. The first-order valence-corrected chi connectivity index (χ1v) is 9.31. The van der Waals surface area contributed by atoms with Crippen molar-refractivity contribution in [3.63, 3.8) is 0 Å². The summed E-state index contributed by atoms with van der Waals surface area (Å²) in [6.45, 7) is 0. The van der Waals surface area contributed by atoms with E-state index in [0.29, 0.717) is 0 Å². The summed E-state index contributed by atoms with van der Waals surface area (Å²) in [5.74, 6) is -1.15. The molecule has 31 heavy (non-hydrogen) atoms. The Morgan fingerprint density at radius 2 is 1.58 bits per heavy atom. The molecule has 0 saturated heterocycles. The Balaban J connectivity index is 1.82. The standard InChI is InChI=1S/C22H21N3O6/c1-29-18-13-19(30-2)25-22(24-18)31-17-11-7-6-10-15(17)20(26)23-16(21(27)28)12-14-8-4-3-5-9-14/h3-11,13,16H,12H2,1-2H3,(H,23,26)(H,27,28)/t16-/m0/s1. The van der Waals surface area contributed by atoms with Crippen LogP contribution >= 0.6 is 0 Å². The lowest BCUT2D eigenvalue weighted by atomic mass is 10.1. The zero-order chi connectivity index (χ0) is 22.2. The molecule has 0 aliphatic rings. The van der Waals surface area contributed by atoms with E-state index in [1.54, 1.807) is 30.3 Å². The maximum atomic E-state index is 12.9. The third kappa shape index (κ3) is 5.69. The number of methoxy groups -OCH3 is 2. The Morgan fingerprint density at radius 3 is 2.19 bits per heavy atom. The molecule has 1 aromatic heterocycles. The van der Waals surface area contributed by atoms with Crippen LogP contribution in [0.5, 0.6) is 23.5 Å². The third-order valence-electron chi connectivity index (χ3n) is 4.30. The minimum absolute atomic E-state index is 0.0875. The van der Waals surface area contributed by atoms with Crippen molar-refractivity contribution in [3.8, 4) is 23.5 Å². The summed E-state index contributed by atoms with van der Waals surface area (Å²) in [6.07, 6.45) is 0.140. The molecule has 1 atom stereocenters. The van der Waals surface area contributed by atoms with Gasteiger partial charge in [-0.05, 0) is 17.7 Å². The fraction of sp³-hybridized carbons (Fsp3) is 0.182. The van der Waals surface area contributed by atoms with Gasteiger partial charge in [0.05, 0.1) is 25.8 Å². The average molecular weight is 423 g/mol. The maximum absolute atomic E-state index is 12.9. The van der Waals surface area contributed by atoms with E-state index in [2.05, 4.69) is 15.3 Å². The molecule has 2 aromatic carbocycles. The van der Waals surface area contributed by atoms with Gasteiger partial charge in [-0.15, -0.1) is 0 Å². The van der Waals surface area contributed by atoms with Crippen LogP contribution in [-0.2, 0) is 11.2 Å². The lowest BCUT2D eigenvalue weighted by molar-refractivity contribution is -0.139. The molecular formula is C22H21N3O6. The molecule has 3 aromatic rings. The maximum Gasteiger partial charge on any atom is 0.328 e. The molecule has 3 rings (SSSR count). The Bertz CT molecular complexity index is 1040. The van der Waals surface area contributed by atoms with Gasteiger partial charge in [0.15, 0.2) is 0 Å². The van der Waals surface area contributed by atoms with Crippen LogP contribution in [0.15, 0.2) is 60.7 Å². The topological polar surface area (TPSA) is 120 Å². The lowest BCUT2D eigenvalue weighted by Crippen LogP contribution is -2.42. The Labute approximate surface area is 178 Å². The number of nitrogens with zero attached hydrogens (tertiary/aromatic N) is 2. The van der Waals surface area contributed by atoms with E-state index >= 15 is 0 Å². The zero-order valence-electron chi connectivity index (χ0n) is 16.9. The van der Waals surface area contributed by atoms with Gasteiger partial charge in [-0.3, -0.25) is 4.79 Å². The highest BCUT2D eigenvalue weighted by Gasteiger charge is 2.23. The van der Waals surface area contributed by atoms with Gasteiger partial charge >= 0.3 is 12.0 Å². The van der Waals surface area contributed by atoms with Crippen LogP contribution in [0.2, 0.25) is 0 Å². The predicted octanol–water partition coefficient (Wildman–Crippen LogP) is 2.71. The molecule has 0 aliphatic heterocycles. The lowest BCUT2D eigenvalue weighted by Gasteiger charge is -2.16. The minimum atomic E-state index is -1.14. The number of benzene rings is 2. The van der Waals surface area contributed by atoms with E-state index < -0.39 is 17.9 Å². The van der Waals surface area contributed by atoms with Gasteiger partial charge in [0.1, 0.15) is 11.8 Å². The molecule has 0 spiro atoms. The molecule has 9 heteroatoms. The van der Waals surface area contributed by atoms with Gasteiger partial charge in [0.2, 0.25) is 11.8 Å². The number of ether oxygens (including phenoxy) is 3. The SMILES string of the molecule is COc1cc(OC)nc(Oc2ccccc2C(=O)N[C@@H](Cc2ccccc2)C(=O)O)n1. The van der Waals surface area contributed by atoms with Gasteiger partial charge in [-0.2, -0.15) is 9.97 Å². The molecule has 0 bridgehead atoms. The molecule has 160 valence electrons. The van der Waals surface area contributed by atoms with Crippen LogP contribution in [0, 0.1) is 0 Å². The van der Waals surface area contributed by atoms with E-state index in [1.165, 1.54) is 26.4 Å². The molecule has 0 radical (unpaired) electrons. The number of hydrogen-bond donors (Lipinski definition) is 2. The van der Waals surface area contributed by atoms with Crippen molar-refractivity contribution in [1.82, 2.24) is 15.3 Å². The van der Waals surface area contributed by atoms with Crippen molar-refractivity contribution in [2.45, 2.75) is 12.5 Å². The number of rotatable bonds is 9. The van der Waals surface area contributed by atoms with Crippen LogP contribution in [0.4, 0.5) is 0 Å². The summed E-state index contributed by atoms with van der Waals surface area (Å²) in [5, 5.41) is 12.1. The fourth-order valence-corrected chi connectivity index (χ4v) is 2.77. The van der Waals surface area contributed by atoms with Gasteiger partial charge in [0, 0.05) is 6.42 Å². The largest absolute Gasteiger partial charge is 0.481 e. The second kappa shape index (κ2) is 10.1. The molecule has 0 saturated carbocycles. The molecule has 0 aliphatic carbocycles. The van der Waals surface area contributed by atoms with Crippen molar-refractivity contribution in [2.75, 3.05) is 14.2 Å². The number of carbonyl (C=O) groups is 2. The first-order chi connectivity index (χ1) is 15.0. The van der Waals surface area contributed by atoms with Crippen molar-refractivity contribution >= 4 is 11.9 Å². The molecule has 2 N–H and O–H groups in total. The Morgan fingerprint density at radius 1 is 0.968 bits per heavy atom. The van der Waals surface area contributed by atoms with E-state index in [0.717, 1.165) is 5.56 Å². The third-order valence-corrected chi connectivity index (χ3v) is 4.30. The van der Waals surface area contributed by atoms with E-state index in [-0.39, 0.29) is 35.5 Å². The van der Waals surface area contributed by atoms with E-state index in [4.69, 9.17) is 14.2 Å². The first-order valence-electron chi connectivity index (χ1n) is 9.31. The summed E-state index contributed by atoms with van der Waals surface area (Å²) < 4.78 is 15.9. The quantitative estimate of drug-likeness (QED) is 0.539. The zero-order valence-corrected chi connectivity index (χ0v) is 16.9. The number of carboxylic acid groups (broad SMARTS) is 1. The smallest absolute Gasteiger partial charge is 0.328 e. The van der Waals surface area contributed by atoms with Crippen LogP contribution in [-0.4, -0.2) is 47.2 Å². The number of nitrogens with one attached hydrogen (secondary N) is 1. The summed E-state index contributed by atoms with van der Waals surface area (Å²) in [6, 6.07) is 15.7. The molecule has 1 heterocycles. The monoisotopic (exact) mass is 423 g/mol. The van der Waals surface area contributed by atoms with Crippen LogP contribution in [0.1, 0.15) is 15.9 Å². The normalized spacial score (nSPS) is 11.3. The Hall–Kier alpha value is -4.14. The predicted molar refractivity (Wildman–Crippen MR) is 111 cm³/mol. The molecule has 0 fully saturated rings. The molecular weight excluding hydrogens is 402 g/mol. The molecule has 9 nitrogen and oxygen atoms in total. The highest BCUT2D eigenvalue weighted by molar-refractivity contribution is 5.99. The summed E-state index contributed by atoms with van der Waals surface area (Å²) in [7, 11) is 2.87. The van der Waals surface area contributed by atoms with Crippen LogP contribution < -0.4 is 19.5 Å². The first kappa shape index (κ1) is 21.6. The van der Waals surface area contributed by atoms with Gasteiger partial charge in [-0.1, -0.05) is 42.5 Å². The average Bonchev–Trinajstić information content (AvgIpc) is 2.79. The second-order valence-electron chi connectivity index (χ2n) is 6.39. The van der Waals surface area contributed by atoms with Crippen molar-refractivity contribution in [1.29, 1.82) is 0 Å². The van der Waals surface area contributed by atoms with Crippen molar-refractivity contribution in [2.24, 2.45) is 0 Å². The number of carboxylic acids is 1. The number of aliphatic carboxylic acids is 1. The molecule has 1 amide bonds. The van der Waals surface area contributed by atoms with Gasteiger partial charge in [0.25, 0.3) is 5.91 Å². The number of carbonyl (C=O) groups excluding carboxylic acids is 1. The number of aromatic nitrogens is 2. The van der Waals surface area contributed by atoms with Gasteiger partial charge < -0.3 is 24.6 Å². The van der Waals surface area contributed by atoms with Crippen LogP contribution in [0.3, 0.4) is 0 Å². The number of para-hydroxylation sites is 1. The highest BCUT2D eigenvalue weighted by atomic mass is 16.5. The number of hydrogen-bond acceptors (Lipinski definition) is 7. The van der Waals surface area contributed by atoms with Crippen molar-refractivity contribution < 1.29 is 28.9 Å². The minimum Gasteiger partial charge on any atom is -0.481 e. The molecule has 0 unspecified atom stereocenters.